The molecule has 2 nitrogen and oxygen atoms in total. The molecule has 0 aromatic heterocycles. The first-order valence-electron chi connectivity index (χ1n) is 7.91. The van der Waals surface area contributed by atoms with E-state index in [4.69, 9.17) is 5.73 Å². The van der Waals surface area contributed by atoms with Gasteiger partial charge in [0.15, 0.2) is 0 Å². The van der Waals surface area contributed by atoms with Crippen molar-refractivity contribution in [2.45, 2.75) is 90.9 Å². The zero-order valence-corrected chi connectivity index (χ0v) is 12.5. The first-order valence-corrected chi connectivity index (χ1v) is 7.91. The molecule has 0 fully saturated rings. The van der Waals surface area contributed by atoms with E-state index in [1.165, 1.54) is 57.8 Å². The Bertz CT molecular complexity index is 192. The fourth-order valence-electron chi connectivity index (χ4n) is 2.36. The molecule has 18 heavy (non-hydrogen) atoms. The van der Waals surface area contributed by atoms with Gasteiger partial charge in [-0.05, 0) is 12.3 Å². The molecular weight excluding hydrogens is 222 g/mol. The molecule has 0 heterocycles. The first-order chi connectivity index (χ1) is 8.66. The molecule has 0 saturated heterocycles. The fraction of sp³-hybridized carbons (Fsp3) is 0.938. The van der Waals surface area contributed by atoms with Crippen LogP contribution in [0.15, 0.2) is 0 Å². The predicted molar refractivity (Wildman–Crippen MR) is 78.3 cm³/mol. The van der Waals surface area contributed by atoms with Gasteiger partial charge in [0.2, 0.25) is 5.91 Å². The quantitative estimate of drug-likeness (QED) is 0.420. The minimum Gasteiger partial charge on any atom is -0.273 e. The second-order valence-electron chi connectivity index (χ2n) is 5.68. The van der Waals surface area contributed by atoms with Gasteiger partial charge in [-0.2, -0.15) is 0 Å². The second-order valence-corrected chi connectivity index (χ2v) is 5.68. The Kier molecular flexibility index (Phi) is 12.5. The minimum absolute atomic E-state index is 0.406. The van der Waals surface area contributed by atoms with Crippen LogP contribution in [-0.4, -0.2) is 5.91 Å². The summed E-state index contributed by atoms with van der Waals surface area (Å²) in [6, 6.07) is 0. The minimum atomic E-state index is -0.406. The Balaban J connectivity index is 3.09. The third kappa shape index (κ3) is 13.5. The largest absolute Gasteiger partial charge is 0.273 e. The summed E-state index contributed by atoms with van der Waals surface area (Å²) in [5.74, 6) is 0.504. The lowest BCUT2D eigenvalue weighted by molar-refractivity contribution is -0.118. The van der Waals surface area contributed by atoms with E-state index in [-0.39, 0.29) is 0 Å². The maximum atomic E-state index is 10.4. The molecule has 0 aromatic carbocycles. The van der Waals surface area contributed by atoms with Crippen LogP contribution in [0.5, 0.6) is 0 Å². The molecule has 0 saturated carbocycles. The number of carbonyl (C=O) groups excluding carboxylic acids is 1. The number of rotatable bonds is 13. The van der Waals surface area contributed by atoms with E-state index >= 15 is 0 Å². The average molecular weight is 254 g/mol. The van der Waals surface area contributed by atoms with E-state index in [2.05, 4.69) is 13.8 Å². The van der Waals surface area contributed by atoms with Crippen molar-refractivity contribution in [2.75, 3.05) is 0 Å². The van der Waals surface area contributed by atoms with Crippen LogP contribution in [0.25, 0.3) is 0 Å². The van der Waals surface area contributed by atoms with Crippen LogP contribution in [0.3, 0.4) is 0 Å². The molecule has 0 aliphatic heterocycles. The van der Waals surface area contributed by atoms with Gasteiger partial charge < -0.3 is 0 Å². The molecule has 0 spiro atoms. The number of hydrogen-bond acceptors (Lipinski definition) is 1. The van der Waals surface area contributed by atoms with Gasteiger partial charge in [-0.1, -0.05) is 78.1 Å². The number of hydrogen-bond donors (Lipinski definition) is 0. The molecule has 0 rings (SSSR count). The van der Waals surface area contributed by atoms with Gasteiger partial charge >= 0.3 is 0 Å². The summed E-state index contributed by atoms with van der Waals surface area (Å²) in [5, 5.41) is 0. The average Bonchev–Trinajstić information content (AvgIpc) is 2.34. The third-order valence-corrected chi connectivity index (χ3v) is 3.65. The summed E-state index contributed by atoms with van der Waals surface area (Å²) < 4.78 is 0. The molecule has 1 unspecified atom stereocenters. The Morgan fingerprint density at radius 3 is 1.94 bits per heavy atom. The summed E-state index contributed by atoms with van der Waals surface area (Å²) in [7, 11) is 0. The molecule has 107 valence electrons. The highest BCUT2D eigenvalue weighted by atomic mass is 16.1. The maximum absolute atomic E-state index is 10.4. The molecule has 1 N–H and O–H groups in total. The number of nitrogens with one attached hydrogen (secondary N) is 1. The van der Waals surface area contributed by atoms with Gasteiger partial charge in [-0.3, -0.25) is 10.5 Å². The Labute approximate surface area is 114 Å². The highest BCUT2D eigenvalue weighted by Gasteiger charge is 2.01. The summed E-state index contributed by atoms with van der Waals surface area (Å²) >= 11 is 0. The number of amides is 1. The van der Waals surface area contributed by atoms with E-state index in [1.807, 2.05) is 0 Å². The van der Waals surface area contributed by atoms with Crippen molar-refractivity contribution < 1.29 is 4.79 Å². The summed E-state index contributed by atoms with van der Waals surface area (Å²) in [6.07, 6.45) is 14.6. The van der Waals surface area contributed by atoms with Crippen molar-refractivity contribution in [1.29, 1.82) is 0 Å². The van der Waals surface area contributed by atoms with Gasteiger partial charge in [0, 0.05) is 6.42 Å². The Hall–Kier alpha value is -0.530. The fourth-order valence-corrected chi connectivity index (χ4v) is 2.36. The van der Waals surface area contributed by atoms with Crippen LogP contribution in [0.4, 0.5) is 0 Å². The number of carbonyl (C=O) groups is 1. The predicted octanol–water partition coefficient (Wildman–Crippen LogP) is 5.13. The van der Waals surface area contributed by atoms with E-state index in [0.717, 1.165) is 18.8 Å². The van der Waals surface area contributed by atoms with E-state index in [0.29, 0.717) is 6.42 Å². The lowest BCUT2D eigenvalue weighted by atomic mass is 9.97. The van der Waals surface area contributed by atoms with Crippen LogP contribution in [0.2, 0.25) is 0 Å². The zero-order valence-electron chi connectivity index (χ0n) is 12.5. The molecule has 1 radical (unpaired) electrons. The normalized spacial score (nSPS) is 12.6. The second kappa shape index (κ2) is 12.9. The van der Waals surface area contributed by atoms with Gasteiger partial charge in [0.05, 0.1) is 0 Å². The topological polar surface area (TPSA) is 40.9 Å². The van der Waals surface area contributed by atoms with Crippen molar-refractivity contribution >= 4 is 5.91 Å². The van der Waals surface area contributed by atoms with Crippen molar-refractivity contribution in [3.63, 3.8) is 0 Å². The van der Waals surface area contributed by atoms with E-state index in [9.17, 15) is 4.79 Å². The van der Waals surface area contributed by atoms with Crippen molar-refractivity contribution in [2.24, 2.45) is 5.92 Å². The smallest absolute Gasteiger partial charge is 0.238 e. The monoisotopic (exact) mass is 254 g/mol. The molecule has 1 amide bonds. The van der Waals surface area contributed by atoms with E-state index < -0.39 is 5.91 Å². The third-order valence-electron chi connectivity index (χ3n) is 3.65. The Morgan fingerprint density at radius 2 is 1.39 bits per heavy atom. The first kappa shape index (κ1) is 17.5. The van der Waals surface area contributed by atoms with Gasteiger partial charge in [0.1, 0.15) is 0 Å². The van der Waals surface area contributed by atoms with E-state index in [1.54, 1.807) is 0 Å². The van der Waals surface area contributed by atoms with Crippen molar-refractivity contribution in [3.8, 4) is 0 Å². The standard InChI is InChI=1S/C16H32NO/c1-3-4-12-15(2)13-10-8-6-5-7-9-11-14-16(17)18/h15,17H,3-14H2,1-2H3. The van der Waals surface area contributed by atoms with Crippen LogP contribution in [0, 0.1) is 5.92 Å². The molecule has 0 aromatic rings. The lowest BCUT2D eigenvalue weighted by Crippen LogP contribution is -1.96. The SMILES string of the molecule is CCCCC(C)CCCCCCCCCC([NH])=O. The summed E-state index contributed by atoms with van der Waals surface area (Å²) in [5.41, 5.74) is 6.80. The van der Waals surface area contributed by atoms with Crippen molar-refractivity contribution in [3.05, 3.63) is 0 Å². The summed E-state index contributed by atoms with van der Waals surface area (Å²) in [4.78, 5) is 10.4. The van der Waals surface area contributed by atoms with Crippen LogP contribution >= 0.6 is 0 Å². The van der Waals surface area contributed by atoms with Gasteiger partial charge in [-0.25, -0.2) is 0 Å². The lowest BCUT2D eigenvalue weighted by Gasteiger charge is -2.09. The van der Waals surface area contributed by atoms with Crippen LogP contribution in [0.1, 0.15) is 90.9 Å². The van der Waals surface area contributed by atoms with Crippen LogP contribution in [-0.2, 0) is 4.79 Å². The highest BCUT2D eigenvalue weighted by Crippen LogP contribution is 2.17. The highest BCUT2D eigenvalue weighted by molar-refractivity contribution is 5.72. The Morgan fingerprint density at radius 1 is 0.889 bits per heavy atom. The molecule has 2 heteroatoms. The molecule has 0 bridgehead atoms. The van der Waals surface area contributed by atoms with Gasteiger partial charge in [0.25, 0.3) is 0 Å². The number of unbranched alkanes of at least 4 members (excludes halogenated alkanes) is 7. The van der Waals surface area contributed by atoms with Gasteiger partial charge in [-0.15, -0.1) is 0 Å². The molecular formula is C16H32NO. The summed E-state index contributed by atoms with van der Waals surface area (Å²) in [6.45, 7) is 4.65. The molecule has 1 atom stereocenters. The zero-order chi connectivity index (χ0) is 13.6. The molecule has 0 aliphatic carbocycles. The maximum Gasteiger partial charge on any atom is 0.238 e. The molecule has 0 aliphatic rings. The van der Waals surface area contributed by atoms with Crippen LogP contribution < -0.4 is 5.73 Å². The van der Waals surface area contributed by atoms with Crippen molar-refractivity contribution in [1.82, 2.24) is 5.73 Å².